The average molecular weight is 352 g/mol. The Kier molecular flexibility index (Phi) is 2.67. The van der Waals surface area contributed by atoms with Crippen LogP contribution in [0.2, 0.25) is 20.1 Å². The SMILES string of the molecule is O=C1OC(=O)[C@H]2[C@@H]1[C@@H]1C[C@H]2c2c(Cl)c(Cl)c(Cl)c(Cl)c21. The zero-order valence-corrected chi connectivity index (χ0v) is 12.8. The highest BCUT2D eigenvalue weighted by molar-refractivity contribution is 6.52. The Balaban J connectivity index is 2.00. The maximum absolute atomic E-state index is 11.8. The Morgan fingerprint density at radius 3 is 1.55 bits per heavy atom. The van der Waals surface area contributed by atoms with Crippen molar-refractivity contribution in [3.8, 4) is 0 Å². The Hall–Kier alpha value is -0.480. The first kappa shape index (κ1) is 13.2. The van der Waals surface area contributed by atoms with E-state index in [2.05, 4.69) is 0 Å². The number of hydrogen-bond acceptors (Lipinski definition) is 3. The van der Waals surface area contributed by atoms with Crippen molar-refractivity contribution in [2.24, 2.45) is 11.8 Å². The molecule has 1 saturated carbocycles. The van der Waals surface area contributed by atoms with Crippen LogP contribution in [0.1, 0.15) is 29.4 Å². The lowest BCUT2D eigenvalue weighted by Gasteiger charge is -2.25. The van der Waals surface area contributed by atoms with Crippen LogP contribution in [-0.4, -0.2) is 11.9 Å². The molecule has 0 radical (unpaired) electrons. The predicted molar refractivity (Wildman–Crippen MR) is 74.7 cm³/mol. The predicted octanol–water partition coefficient (Wildman–Crippen LogP) is 4.20. The molecule has 1 heterocycles. The van der Waals surface area contributed by atoms with E-state index >= 15 is 0 Å². The van der Waals surface area contributed by atoms with Gasteiger partial charge in [-0.15, -0.1) is 0 Å². The fourth-order valence-electron chi connectivity index (χ4n) is 3.91. The Morgan fingerprint density at radius 2 is 1.15 bits per heavy atom. The van der Waals surface area contributed by atoms with E-state index in [0.29, 0.717) is 16.5 Å². The third-order valence-corrected chi connectivity index (χ3v) is 6.42. The van der Waals surface area contributed by atoms with Gasteiger partial charge in [-0.3, -0.25) is 9.59 Å². The summed E-state index contributed by atoms with van der Waals surface area (Å²) in [5.74, 6) is -2.22. The summed E-state index contributed by atoms with van der Waals surface area (Å²) in [7, 11) is 0. The molecular formula is C13H6Cl4O3. The molecule has 1 aromatic rings. The van der Waals surface area contributed by atoms with E-state index in [1.807, 2.05) is 0 Å². The molecule has 4 rings (SSSR count). The molecule has 0 spiro atoms. The topological polar surface area (TPSA) is 43.4 Å². The van der Waals surface area contributed by atoms with Crippen molar-refractivity contribution in [3.05, 3.63) is 31.2 Å². The fraction of sp³-hybridized carbons (Fsp3) is 0.385. The number of halogens is 4. The van der Waals surface area contributed by atoms with E-state index in [0.717, 1.165) is 11.1 Å². The molecule has 1 saturated heterocycles. The molecule has 0 unspecified atom stereocenters. The average Bonchev–Trinajstić information content (AvgIpc) is 3.04. The molecular weight excluding hydrogens is 346 g/mol. The third kappa shape index (κ3) is 1.35. The number of rotatable bonds is 0. The molecule has 4 atom stereocenters. The zero-order chi connectivity index (χ0) is 14.3. The van der Waals surface area contributed by atoms with Crippen molar-refractivity contribution in [2.75, 3.05) is 0 Å². The summed E-state index contributed by atoms with van der Waals surface area (Å²) in [6.45, 7) is 0. The molecule has 0 aromatic heterocycles. The maximum atomic E-state index is 11.8. The van der Waals surface area contributed by atoms with Crippen molar-refractivity contribution in [1.29, 1.82) is 0 Å². The van der Waals surface area contributed by atoms with Crippen molar-refractivity contribution in [3.63, 3.8) is 0 Å². The van der Waals surface area contributed by atoms with E-state index in [1.165, 1.54) is 0 Å². The first-order valence-electron chi connectivity index (χ1n) is 6.04. The number of fused-ring (bicyclic) bond motifs is 8. The van der Waals surface area contributed by atoms with Crippen molar-refractivity contribution < 1.29 is 14.3 Å². The van der Waals surface area contributed by atoms with Gasteiger partial charge in [-0.05, 0) is 17.5 Å². The zero-order valence-electron chi connectivity index (χ0n) is 9.75. The number of carbonyl (C=O) groups is 2. The van der Waals surface area contributed by atoms with Crippen molar-refractivity contribution in [1.82, 2.24) is 0 Å². The summed E-state index contributed by atoms with van der Waals surface area (Å²) in [6, 6.07) is 0. The molecule has 0 N–H and O–H groups in total. The lowest BCUT2D eigenvalue weighted by Crippen LogP contribution is -2.24. The van der Waals surface area contributed by atoms with E-state index in [9.17, 15) is 9.59 Å². The normalized spacial score (nSPS) is 33.4. The highest BCUT2D eigenvalue weighted by atomic mass is 35.5. The Labute approximate surface area is 134 Å². The second-order valence-corrected chi connectivity index (χ2v) is 6.84. The summed E-state index contributed by atoms with van der Waals surface area (Å²) in [6.07, 6.45) is 0.654. The van der Waals surface area contributed by atoms with E-state index in [-0.39, 0.29) is 21.9 Å². The minimum Gasteiger partial charge on any atom is -0.393 e. The first-order valence-corrected chi connectivity index (χ1v) is 7.56. The van der Waals surface area contributed by atoms with Gasteiger partial charge in [0.05, 0.1) is 31.9 Å². The van der Waals surface area contributed by atoms with Crippen molar-refractivity contribution in [2.45, 2.75) is 18.3 Å². The van der Waals surface area contributed by atoms with Gasteiger partial charge in [0, 0.05) is 11.8 Å². The van der Waals surface area contributed by atoms with Crippen LogP contribution in [0.3, 0.4) is 0 Å². The quantitative estimate of drug-likeness (QED) is 0.304. The van der Waals surface area contributed by atoms with Gasteiger partial charge in [0.2, 0.25) is 0 Å². The largest absolute Gasteiger partial charge is 0.393 e. The number of carbonyl (C=O) groups excluding carboxylic acids is 2. The first-order chi connectivity index (χ1) is 9.43. The van der Waals surface area contributed by atoms with Gasteiger partial charge >= 0.3 is 11.9 Å². The smallest absolute Gasteiger partial charge is 0.318 e. The van der Waals surface area contributed by atoms with Crippen LogP contribution in [0.4, 0.5) is 0 Å². The highest BCUT2D eigenvalue weighted by Crippen LogP contribution is 2.66. The van der Waals surface area contributed by atoms with Gasteiger partial charge in [0.1, 0.15) is 0 Å². The summed E-state index contributed by atoms with van der Waals surface area (Å²) >= 11 is 24.7. The van der Waals surface area contributed by atoms with Gasteiger partial charge in [0.15, 0.2) is 0 Å². The van der Waals surface area contributed by atoms with E-state index in [1.54, 1.807) is 0 Å². The number of esters is 2. The fourth-order valence-corrected chi connectivity index (χ4v) is 5.07. The molecule has 3 aliphatic rings. The Bertz CT molecular complexity index is 643. The third-order valence-electron chi connectivity index (χ3n) is 4.59. The van der Waals surface area contributed by atoms with Crippen LogP contribution >= 0.6 is 46.4 Å². The van der Waals surface area contributed by atoms with Gasteiger partial charge in [-0.1, -0.05) is 46.4 Å². The maximum Gasteiger partial charge on any atom is 0.318 e. The van der Waals surface area contributed by atoms with Crippen LogP contribution in [0.15, 0.2) is 0 Å². The number of cyclic esters (lactones) is 2. The molecule has 2 bridgehead atoms. The van der Waals surface area contributed by atoms with Gasteiger partial charge < -0.3 is 4.74 Å². The molecule has 2 aliphatic carbocycles. The van der Waals surface area contributed by atoms with Crippen LogP contribution in [0.25, 0.3) is 0 Å². The molecule has 0 amide bonds. The molecule has 3 nitrogen and oxygen atoms in total. The van der Waals surface area contributed by atoms with Gasteiger partial charge in [-0.25, -0.2) is 0 Å². The molecule has 104 valence electrons. The number of benzene rings is 1. The minimum absolute atomic E-state index is 0.168. The lowest BCUT2D eigenvalue weighted by atomic mass is 9.77. The van der Waals surface area contributed by atoms with Gasteiger partial charge in [0.25, 0.3) is 0 Å². The molecule has 1 aromatic carbocycles. The lowest BCUT2D eigenvalue weighted by molar-refractivity contribution is -0.154. The van der Waals surface area contributed by atoms with Gasteiger partial charge in [-0.2, -0.15) is 0 Å². The summed E-state index contributed by atoms with van der Waals surface area (Å²) < 4.78 is 4.75. The van der Waals surface area contributed by atoms with Crippen LogP contribution in [0.5, 0.6) is 0 Å². The monoisotopic (exact) mass is 350 g/mol. The highest BCUT2D eigenvalue weighted by Gasteiger charge is 2.63. The summed E-state index contributed by atoms with van der Waals surface area (Å²) in [5.41, 5.74) is 1.51. The van der Waals surface area contributed by atoms with Crippen LogP contribution < -0.4 is 0 Å². The van der Waals surface area contributed by atoms with Crippen molar-refractivity contribution >= 4 is 58.3 Å². The summed E-state index contributed by atoms with van der Waals surface area (Å²) in [4.78, 5) is 23.7. The molecule has 2 fully saturated rings. The van der Waals surface area contributed by atoms with Crippen LogP contribution in [-0.2, 0) is 14.3 Å². The molecule has 1 aliphatic heterocycles. The van der Waals surface area contributed by atoms with E-state index < -0.39 is 23.8 Å². The molecule has 7 heteroatoms. The minimum atomic E-state index is -0.476. The number of hydrogen-bond donors (Lipinski definition) is 0. The molecule has 20 heavy (non-hydrogen) atoms. The van der Waals surface area contributed by atoms with E-state index in [4.69, 9.17) is 51.1 Å². The van der Waals surface area contributed by atoms with Crippen LogP contribution in [0, 0.1) is 11.8 Å². The Morgan fingerprint density at radius 1 is 0.750 bits per heavy atom. The number of ether oxygens (including phenoxy) is 1. The second-order valence-electron chi connectivity index (χ2n) is 5.32. The summed E-state index contributed by atoms with van der Waals surface area (Å²) in [5, 5.41) is 1.04. The second kappa shape index (κ2) is 4.04. The standard InChI is InChI=1S/C13H6Cl4O3/c14-8-4-2-1-3(5(4)9(15)11(17)10(8)16)7-6(2)12(18)20-13(7)19/h2-3,6-7H,1H2/t2-,3+,6+,7-.